The number of hydrogen-bond acceptors (Lipinski definition) is 2. The lowest BCUT2D eigenvalue weighted by molar-refractivity contribution is 0.0684. The van der Waals surface area contributed by atoms with Gasteiger partial charge in [0.2, 0.25) is 0 Å². The molecule has 0 spiro atoms. The van der Waals surface area contributed by atoms with E-state index in [0.717, 1.165) is 17.7 Å². The second kappa shape index (κ2) is 6.50. The molecule has 0 aliphatic carbocycles. The van der Waals surface area contributed by atoms with Crippen molar-refractivity contribution in [1.82, 2.24) is 0 Å². The lowest BCUT2D eigenvalue weighted by Gasteiger charge is -2.08. The predicted octanol–water partition coefficient (Wildman–Crippen LogP) is 3.89. The maximum atomic E-state index is 13.2. The Morgan fingerprint density at radius 3 is 2.55 bits per heavy atom. The monoisotopic (exact) mass is 294 g/mol. The Bertz CT molecular complexity index is 628. The molecular weight excluding hydrogens is 283 g/mol. The fraction of sp³-hybridized carbons (Fsp3) is 0.133. The van der Waals surface area contributed by atoms with E-state index in [2.05, 4.69) is 0 Å². The van der Waals surface area contributed by atoms with Gasteiger partial charge in [-0.05, 0) is 35.4 Å². The van der Waals surface area contributed by atoms with Crippen LogP contribution in [-0.4, -0.2) is 11.1 Å². The second-order valence-electron chi connectivity index (χ2n) is 4.19. The van der Waals surface area contributed by atoms with Crippen LogP contribution >= 0.6 is 11.6 Å². The van der Waals surface area contributed by atoms with Crippen molar-refractivity contribution in [2.75, 3.05) is 0 Å². The van der Waals surface area contributed by atoms with Gasteiger partial charge in [0, 0.05) is 5.02 Å². The van der Waals surface area contributed by atoms with Crippen LogP contribution in [0.2, 0.25) is 5.02 Å². The van der Waals surface area contributed by atoms with Crippen LogP contribution in [0.15, 0.2) is 42.5 Å². The molecule has 1 N–H and O–H groups in total. The number of carboxylic acid groups (broad SMARTS) is 1. The molecule has 104 valence electrons. The summed E-state index contributed by atoms with van der Waals surface area (Å²) in [6.07, 6.45) is 0. The summed E-state index contributed by atoms with van der Waals surface area (Å²) < 4.78 is 18.6. The van der Waals surface area contributed by atoms with Gasteiger partial charge in [0.25, 0.3) is 0 Å². The Morgan fingerprint density at radius 1 is 1.15 bits per heavy atom. The van der Waals surface area contributed by atoms with Crippen LogP contribution in [0, 0.1) is 5.82 Å². The zero-order chi connectivity index (χ0) is 14.5. The topological polar surface area (TPSA) is 46.5 Å². The van der Waals surface area contributed by atoms with Gasteiger partial charge in [0.05, 0.1) is 18.8 Å². The first-order valence-electron chi connectivity index (χ1n) is 5.91. The third kappa shape index (κ3) is 3.56. The average molecular weight is 295 g/mol. The van der Waals surface area contributed by atoms with Crippen molar-refractivity contribution in [1.29, 1.82) is 0 Å². The highest BCUT2D eigenvalue weighted by Crippen LogP contribution is 2.18. The van der Waals surface area contributed by atoms with E-state index >= 15 is 0 Å². The third-order valence-electron chi connectivity index (χ3n) is 2.77. The van der Waals surface area contributed by atoms with E-state index in [-0.39, 0.29) is 18.8 Å². The zero-order valence-electron chi connectivity index (χ0n) is 10.5. The number of carbonyl (C=O) groups is 1. The van der Waals surface area contributed by atoms with Crippen molar-refractivity contribution in [3.63, 3.8) is 0 Å². The molecule has 0 fully saturated rings. The highest BCUT2D eigenvalue weighted by atomic mass is 35.5. The molecule has 0 saturated heterocycles. The Kier molecular flexibility index (Phi) is 4.71. The molecule has 0 aliphatic rings. The number of hydrogen-bond donors (Lipinski definition) is 1. The molecule has 3 nitrogen and oxygen atoms in total. The standard InChI is InChI=1S/C15H12ClFO3/c16-14-4-2-1-3-10(14)8-20-9-11-7-12(17)5-6-13(11)15(18)19/h1-7H,8-9H2,(H,18,19). The summed E-state index contributed by atoms with van der Waals surface area (Å²) >= 11 is 5.98. The molecular formula is C15H12ClFO3. The zero-order valence-corrected chi connectivity index (χ0v) is 11.2. The van der Waals surface area contributed by atoms with E-state index in [9.17, 15) is 9.18 Å². The largest absolute Gasteiger partial charge is 0.478 e. The molecule has 0 saturated carbocycles. The van der Waals surface area contributed by atoms with Gasteiger partial charge in [0.1, 0.15) is 5.82 Å². The number of benzene rings is 2. The van der Waals surface area contributed by atoms with Gasteiger partial charge in [0.15, 0.2) is 0 Å². The number of aromatic carboxylic acids is 1. The van der Waals surface area contributed by atoms with Gasteiger partial charge in [-0.3, -0.25) is 0 Å². The van der Waals surface area contributed by atoms with E-state index in [1.54, 1.807) is 12.1 Å². The Balaban J connectivity index is 2.06. The minimum Gasteiger partial charge on any atom is -0.478 e. The van der Waals surface area contributed by atoms with Crippen LogP contribution < -0.4 is 0 Å². The van der Waals surface area contributed by atoms with E-state index in [0.29, 0.717) is 10.6 Å². The van der Waals surface area contributed by atoms with Crippen LogP contribution in [0.3, 0.4) is 0 Å². The molecule has 0 aliphatic heterocycles. The van der Waals surface area contributed by atoms with E-state index in [1.165, 1.54) is 6.07 Å². The van der Waals surface area contributed by atoms with Gasteiger partial charge in [-0.2, -0.15) is 0 Å². The molecule has 5 heteroatoms. The normalized spacial score (nSPS) is 10.5. The lowest BCUT2D eigenvalue weighted by atomic mass is 10.1. The van der Waals surface area contributed by atoms with Gasteiger partial charge < -0.3 is 9.84 Å². The van der Waals surface area contributed by atoms with Crippen molar-refractivity contribution in [3.05, 3.63) is 70.0 Å². The van der Waals surface area contributed by atoms with Crippen LogP contribution in [0.4, 0.5) is 4.39 Å². The number of ether oxygens (including phenoxy) is 1. The molecule has 2 rings (SSSR count). The van der Waals surface area contributed by atoms with Crippen molar-refractivity contribution < 1.29 is 19.0 Å². The molecule has 0 atom stereocenters. The molecule has 20 heavy (non-hydrogen) atoms. The Hall–Kier alpha value is -1.91. The van der Waals surface area contributed by atoms with Crippen LogP contribution in [0.1, 0.15) is 21.5 Å². The Morgan fingerprint density at radius 2 is 1.85 bits per heavy atom. The van der Waals surface area contributed by atoms with E-state index in [4.69, 9.17) is 21.4 Å². The first-order valence-corrected chi connectivity index (χ1v) is 6.28. The van der Waals surface area contributed by atoms with Gasteiger partial charge in [-0.15, -0.1) is 0 Å². The molecule has 2 aromatic carbocycles. The van der Waals surface area contributed by atoms with Crippen molar-refractivity contribution in [3.8, 4) is 0 Å². The first-order chi connectivity index (χ1) is 9.58. The lowest BCUT2D eigenvalue weighted by Crippen LogP contribution is -2.05. The van der Waals surface area contributed by atoms with Crippen LogP contribution in [0.25, 0.3) is 0 Å². The Labute approximate surface area is 120 Å². The average Bonchev–Trinajstić information content (AvgIpc) is 2.41. The molecule has 0 bridgehead atoms. The van der Waals surface area contributed by atoms with E-state index < -0.39 is 11.8 Å². The summed E-state index contributed by atoms with van der Waals surface area (Å²) in [7, 11) is 0. The van der Waals surface area contributed by atoms with Gasteiger partial charge in [-0.25, -0.2) is 9.18 Å². The minimum atomic E-state index is -1.11. The third-order valence-corrected chi connectivity index (χ3v) is 3.14. The summed E-state index contributed by atoms with van der Waals surface area (Å²) in [4.78, 5) is 11.0. The molecule has 0 radical (unpaired) electrons. The van der Waals surface area contributed by atoms with Crippen molar-refractivity contribution in [2.45, 2.75) is 13.2 Å². The molecule has 0 amide bonds. The molecule has 0 aromatic heterocycles. The molecule has 0 unspecified atom stereocenters. The van der Waals surface area contributed by atoms with E-state index in [1.807, 2.05) is 12.1 Å². The quantitative estimate of drug-likeness (QED) is 0.910. The highest BCUT2D eigenvalue weighted by molar-refractivity contribution is 6.31. The fourth-order valence-corrected chi connectivity index (χ4v) is 1.97. The van der Waals surface area contributed by atoms with Crippen molar-refractivity contribution in [2.24, 2.45) is 0 Å². The summed E-state index contributed by atoms with van der Waals surface area (Å²) in [6, 6.07) is 10.7. The molecule has 2 aromatic rings. The number of rotatable bonds is 5. The SMILES string of the molecule is O=C(O)c1ccc(F)cc1COCc1ccccc1Cl. The second-order valence-corrected chi connectivity index (χ2v) is 4.60. The summed E-state index contributed by atoms with van der Waals surface area (Å²) in [5, 5.41) is 9.59. The minimum absolute atomic E-state index is 0.00458. The highest BCUT2D eigenvalue weighted by Gasteiger charge is 2.11. The van der Waals surface area contributed by atoms with Gasteiger partial charge >= 0.3 is 5.97 Å². The summed E-state index contributed by atoms with van der Waals surface area (Å²) in [6.45, 7) is 0.236. The number of carboxylic acids is 1. The summed E-state index contributed by atoms with van der Waals surface area (Å²) in [5.74, 6) is -1.60. The predicted molar refractivity (Wildman–Crippen MR) is 73.3 cm³/mol. The number of halogens is 2. The fourth-order valence-electron chi connectivity index (χ4n) is 1.78. The molecule has 0 heterocycles. The van der Waals surface area contributed by atoms with Crippen molar-refractivity contribution >= 4 is 17.6 Å². The maximum absolute atomic E-state index is 13.2. The van der Waals surface area contributed by atoms with Gasteiger partial charge in [-0.1, -0.05) is 29.8 Å². The van der Waals surface area contributed by atoms with Crippen LogP contribution in [-0.2, 0) is 18.0 Å². The van der Waals surface area contributed by atoms with Crippen LogP contribution in [0.5, 0.6) is 0 Å². The smallest absolute Gasteiger partial charge is 0.336 e. The first kappa shape index (κ1) is 14.5. The maximum Gasteiger partial charge on any atom is 0.336 e. The summed E-state index contributed by atoms with van der Waals surface area (Å²) in [5.41, 5.74) is 1.12.